The maximum absolute atomic E-state index is 4.94. The minimum Gasteiger partial charge on any atom is -0.383 e. The third kappa shape index (κ3) is 4.61. The topological polar surface area (TPSA) is 12.5 Å². The van der Waals surface area contributed by atoms with E-state index >= 15 is 0 Å². The summed E-state index contributed by atoms with van der Waals surface area (Å²) in [5, 5.41) is 0. The van der Waals surface area contributed by atoms with E-state index in [0.29, 0.717) is 17.0 Å². The number of methoxy groups -OCH3 is 1. The summed E-state index contributed by atoms with van der Waals surface area (Å²) in [5.41, 5.74) is 0. The van der Waals surface area contributed by atoms with E-state index in [1.165, 1.54) is 0 Å². The maximum atomic E-state index is 4.94. The van der Waals surface area contributed by atoms with Crippen LogP contribution in [-0.4, -0.2) is 35.5 Å². The lowest BCUT2D eigenvalue weighted by molar-refractivity contribution is 0.169. The smallest absolute Gasteiger partial charge is 0.133 e. The number of thiol groups is 1. The highest BCUT2D eigenvalue weighted by atomic mass is 32.1. The Balaban J connectivity index is 3.80. The van der Waals surface area contributed by atoms with Gasteiger partial charge in [0.2, 0.25) is 0 Å². The van der Waals surface area contributed by atoms with Gasteiger partial charge in [0.15, 0.2) is 0 Å². The molecule has 0 aromatic heterocycles. The number of rotatable bonds is 4. The Morgan fingerprint density at radius 2 is 2.18 bits per heavy atom. The molecule has 2 nitrogen and oxygen atoms in total. The van der Waals surface area contributed by atoms with Gasteiger partial charge in [0.1, 0.15) is 4.32 Å². The molecule has 0 aliphatic heterocycles. The molecule has 0 atom stereocenters. The first kappa shape index (κ1) is 11.2. The van der Waals surface area contributed by atoms with E-state index in [1.54, 1.807) is 7.11 Å². The summed E-state index contributed by atoms with van der Waals surface area (Å²) < 4.78 is 5.57. The first-order valence-corrected chi connectivity index (χ1v) is 4.43. The number of ether oxygens (including phenoxy) is 1. The van der Waals surface area contributed by atoms with E-state index in [0.717, 1.165) is 6.54 Å². The molecular formula is C7H15NOS2. The molecule has 0 saturated heterocycles. The number of thiocarbonyl (C=S) groups is 1. The second-order valence-corrected chi connectivity index (χ2v) is 3.68. The maximum Gasteiger partial charge on any atom is 0.133 e. The fourth-order valence-corrected chi connectivity index (χ4v) is 1.40. The predicted molar refractivity (Wildman–Crippen MR) is 55.3 cm³/mol. The van der Waals surface area contributed by atoms with Gasteiger partial charge in [0, 0.05) is 19.7 Å². The summed E-state index contributed by atoms with van der Waals surface area (Å²) in [6, 6.07) is 0.398. The molecule has 0 fully saturated rings. The molecule has 0 aromatic rings. The zero-order chi connectivity index (χ0) is 8.85. The molecule has 0 rings (SSSR count). The Bertz CT molecular complexity index is 128. The summed E-state index contributed by atoms with van der Waals surface area (Å²) in [7, 11) is 1.68. The van der Waals surface area contributed by atoms with Crippen LogP contribution in [-0.2, 0) is 4.74 Å². The van der Waals surface area contributed by atoms with Crippen LogP contribution < -0.4 is 0 Å². The minimum absolute atomic E-state index is 0.398. The fraction of sp³-hybridized carbons (Fsp3) is 0.857. The average Bonchev–Trinajstić information content (AvgIpc) is 1.87. The highest BCUT2D eigenvalue weighted by Crippen LogP contribution is 2.02. The first-order valence-electron chi connectivity index (χ1n) is 3.58. The van der Waals surface area contributed by atoms with Crippen LogP contribution in [0.3, 0.4) is 0 Å². The second kappa shape index (κ2) is 5.80. The van der Waals surface area contributed by atoms with Gasteiger partial charge >= 0.3 is 0 Å². The van der Waals surface area contributed by atoms with Crippen LogP contribution in [0.4, 0.5) is 0 Å². The monoisotopic (exact) mass is 193 g/mol. The molecule has 0 bridgehead atoms. The Morgan fingerprint density at radius 1 is 1.64 bits per heavy atom. The van der Waals surface area contributed by atoms with Gasteiger partial charge in [0.25, 0.3) is 0 Å². The molecule has 0 unspecified atom stereocenters. The van der Waals surface area contributed by atoms with Crippen LogP contribution in [0, 0.1) is 0 Å². The zero-order valence-electron chi connectivity index (χ0n) is 7.20. The summed E-state index contributed by atoms with van der Waals surface area (Å²) in [4.78, 5) is 2.02. The molecule has 0 spiro atoms. The van der Waals surface area contributed by atoms with E-state index in [1.807, 2.05) is 4.90 Å². The van der Waals surface area contributed by atoms with Crippen LogP contribution in [0.15, 0.2) is 0 Å². The van der Waals surface area contributed by atoms with Crippen molar-refractivity contribution < 1.29 is 4.74 Å². The van der Waals surface area contributed by atoms with Crippen molar-refractivity contribution in [3.63, 3.8) is 0 Å². The Kier molecular flexibility index (Phi) is 5.91. The second-order valence-electron chi connectivity index (χ2n) is 2.56. The Hall–Kier alpha value is 0.200. The van der Waals surface area contributed by atoms with Gasteiger partial charge in [-0.3, -0.25) is 0 Å². The van der Waals surface area contributed by atoms with Gasteiger partial charge in [0.05, 0.1) is 6.61 Å². The van der Waals surface area contributed by atoms with Gasteiger partial charge < -0.3 is 9.64 Å². The lowest BCUT2D eigenvalue weighted by atomic mass is 10.3. The quantitative estimate of drug-likeness (QED) is 0.538. The normalized spacial score (nSPS) is 10.3. The van der Waals surface area contributed by atoms with Crippen molar-refractivity contribution in [2.75, 3.05) is 20.3 Å². The van der Waals surface area contributed by atoms with Crippen LogP contribution in [0.25, 0.3) is 0 Å². The molecule has 66 valence electrons. The highest BCUT2D eigenvalue weighted by Gasteiger charge is 2.08. The molecule has 0 saturated carbocycles. The lowest BCUT2D eigenvalue weighted by Crippen LogP contribution is -2.35. The third-order valence-corrected chi connectivity index (χ3v) is 1.90. The molecule has 0 amide bonds. The van der Waals surface area contributed by atoms with Crippen molar-refractivity contribution >= 4 is 29.2 Å². The standard InChI is InChI=1S/C7H15NOS2/c1-6(2)8(7(10)11)4-5-9-3/h6H,4-5H2,1-3H3,(H,10,11). The molecule has 0 aromatic carbocycles. The van der Waals surface area contributed by atoms with Crippen LogP contribution >= 0.6 is 24.8 Å². The molecule has 4 heteroatoms. The molecule has 0 N–H and O–H groups in total. The molecule has 0 aliphatic rings. The van der Waals surface area contributed by atoms with Crippen molar-refractivity contribution in [2.45, 2.75) is 19.9 Å². The SMILES string of the molecule is COCCN(C(=S)S)C(C)C. The van der Waals surface area contributed by atoms with E-state index in [2.05, 4.69) is 26.5 Å². The molecular weight excluding hydrogens is 178 g/mol. The summed E-state index contributed by atoms with van der Waals surface area (Å²) in [6.45, 7) is 5.67. The number of hydrogen-bond acceptors (Lipinski definition) is 2. The van der Waals surface area contributed by atoms with Gasteiger partial charge in [-0.1, -0.05) is 12.2 Å². The first-order chi connectivity index (χ1) is 5.09. The van der Waals surface area contributed by atoms with Gasteiger partial charge in [-0.2, -0.15) is 0 Å². The molecule has 0 radical (unpaired) electrons. The van der Waals surface area contributed by atoms with Gasteiger partial charge in [-0.25, -0.2) is 0 Å². The van der Waals surface area contributed by atoms with E-state index in [-0.39, 0.29) is 0 Å². The third-order valence-electron chi connectivity index (χ3n) is 1.41. The predicted octanol–water partition coefficient (Wildman–Crippen LogP) is 1.56. The van der Waals surface area contributed by atoms with E-state index in [4.69, 9.17) is 17.0 Å². The zero-order valence-corrected chi connectivity index (χ0v) is 8.91. The molecule has 0 heterocycles. The van der Waals surface area contributed by atoms with Crippen molar-refractivity contribution in [1.82, 2.24) is 4.90 Å². The van der Waals surface area contributed by atoms with Crippen LogP contribution in [0.1, 0.15) is 13.8 Å². The Morgan fingerprint density at radius 3 is 2.45 bits per heavy atom. The summed E-state index contributed by atoms with van der Waals surface area (Å²) >= 11 is 9.05. The Labute approximate surface area is 79.3 Å². The number of nitrogens with zero attached hydrogens (tertiary/aromatic N) is 1. The molecule has 0 aliphatic carbocycles. The van der Waals surface area contributed by atoms with Crippen molar-refractivity contribution in [1.29, 1.82) is 0 Å². The highest BCUT2D eigenvalue weighted by molar-refractivity contribution is 8.10. The summed E-state index contributed by atoms with van der Waals surface area (Å²) in [6.07, 6.45) is 0. The fourth-order valence-electron chi connectivity index (χ4n) is 0.764. The van der Waals surface area contributed by atoms with Gasteiger partial charge in [-0.05, 0) is 13.8 Å². The number of hydrogen-bond donors (Lipinski definition) is 1. The largest absolute Gasteiger partial charge is 0.383 e. The average molecular weight is 193 g/mol. The van der Waals surface area contributed by atoms with E-state index < -0.39 is 0 Å². The van der Waals surface area contributed by atoms with Crippen molar-refractivity contribution in [2.24, 2.45) is 0 Å². The van der Waals surface area contributed by atoms with Gasteiger partial charge in [-0.15, -0.1) is 12.6 Å². The minimum atomic E-state index is 0.398. The van der Waals surface area contributed by atoms with E-state index in [9.17, 15) is 0 Å². The lowest BCUT2D eigenvalue weighted by Gasteiger charge is -2.26. The van der Waals surface area contributed by atoms with Crippen LogP contribution in [0.2, 0.25) is 0 Å². The van der Waals surface area contributed by atoms with Crippen LogP contribution in [0.5, 0.6) is 0 Å². The van der Waals surface area contributed by atoms with Crippen molar-refractivity contribution in [3.05, 3.63) is 0 Å². The van der Waals surface area contributed by atoms with Crippen molar-refractivity contribution in [3.8, 4) is 0 Å². The molecule has 11 heavy (non-hydrogen) atoms. The summed E-state index contributed by atoms with van der Waals surface area (Å²) in [5.74, 6) is 0.